The van der Waals surface area contributed by atoms with E-state index in [9.17, 15) is 4.79 Å². The highest BCUT2D eigenvalue weighted by Crippen LogP contribution is 2.27. The number of amides is 1. The maximum Gasteiger partial charge on any atom is 0.222 e. The first kappa shape index (κ1) is 16.4. The molecule has 0 aliphatic heterocycles. The van der Waals surface area contributed by atoms with Gasteiger partial charge in [-0.15, -0.1) is 0 Å². The van der Waals surface area contributed by atoms with Crippen LogP contribution >= 0.6 is 12.2 Å². The molecule has 0 spiro atoms. The molecule has 19 heavy (non-hydrogen) atoms. The van der Waals surface area contributed by atoms with Gasteiger partial charge >= 0.3 is 0 Å². The molecule has 0 heterocycles. The Labute approximate surface area is 122 Å². The van der Waals surface area contributed by atoms with Gasteiger partial charge in [0.1, 0.15) is 0 Å². The highest BCUT2D eigenvalue weighted by Gasteiger charge is 2.19. The zero-order valence-corrected chi connectivity index (χ0v) is 13.2. The molecule has 1 atom stereocenters. The Morgan fingerprint density at radius 3 is 2.53 bits per heavy atom. The van der Waals surface area contributed by atoms with Gasteiger partial charge in [-0.1, -0.05) is 51.2 Å². The fourth-order valence-corrected chi connectivity index (χ4v) is 2.86. The molecule has 1 aliphatic rings. The van der Waals surface area contributed by atoms with Gasteiger partial charge in [0.15, 0.2) is 0 Å². The monoisotopic (exact) mass is 284 g/mol. The van der Waals surface area contributed by atoms with Gasteiger partial charge in [-0.3, -0.25) is 4.79 Å². The molecule has 0 aromatic heterocycles. The summed E-state index contributed by atoms with van der Waals surface area (Å²) in [6.45, 7) is 5.41. The fraction of sp³-hybridized carbons (Fsp3) is 0.867. The van der Waals surface area contributed by atoms with E-state index in [0.29, 0.717) is 18.0 Å². The van der Waals surface area contributed by atoms with Crippen LogP contribution in [0.4, 0.5) is 0 Å². The molecule has 1 unspecified atom stereocenters. The molecule has 1 saturated carbocycles. The Hall–Kier alpha value is -0.640. The van der Waals surface area contributed by atoms with E-state index in [1.54, 1.807) is 0 Å². The first-order chi connectivity index (χ1) is 9.04. The maximum absolute atomic E-state index is 12.2. The van der Waals surface area contributed by atoms with Gasteiger partial charge in [-0.2, -0.15) is 0 Å². The molecular weight excluding hydrogens is 256 g/mol. The number of hydrogen-bond acceptors (Lipinski definition) is 2. The number of carbonyl (C=O) groups is 1. The third kappa shape index (κ3) is 5.89. The SMILES string of the molecule is CCN(CC(C)C(N)=S)C(=O)CCC1CCCCC1. The van der Waals surface area contributed by atoms with Crippen LogP contribution in [0.2, 0.25) is 0 Å². The first-order valence-corrected chi connectivity index (χ1v) is 8.02. The lowest BCUT2D eigenvalue weighted by Gasteiger charge is -2.26. The van der Waals surface area contributed by atoms with Crippen LogP contribution in [0.5, 0.6) is 0 Å². The molecule has 1 amide bonds. The summed E-state index contributed by atoms with van der Waals surface area (Å²) in [4.78, 5) is 14.6. The normalized spacial score (nSPS) is 18.0. The van der Waals surface area contributed by atoms with Crippen molar-refractivity contribution >= 4 is 23.1 Å². The lowest BCUT2D eigenvalue weighted by Crippen LogP contribution is -2.38. The lowest BCUT2D eigenvalue weighted by molar-refractivity contribution is -0.131. The average Bonchev–Trinajstić information content (AvgIpc) is 2.42. The van der Waals surface area contributed by atoms with Gasteiger partial charge in [0, 0.05) is 25.4 Å². The van der Waals surface area contributed by atoms with E-state index in [4.69, 9.17) is 18.0 Å². The molecule has 2 N–H and O–H groups in total. The number of carbonyl (C=O) groups excluding carboxylic acids is 1. The van der Waals surface area contributed by atoms with Crippen molar-refractivity contribution in [3.63, 3.8) is 0 Å². The molecule has 0 aromatic rings. The smallest absolute Gasteiger partial charge is 0.222 e. The van der Waals surface area contributed by atoms with E-state index in [1.807, 2.05) is 18.7 Å². The summed E-state index contributed by atoms with van der Waals surface area (Å²) in [7, 11) is 0. The van der Waals surface area contributed by atoms with E-state index in [-0.39, 0.29) is 11.8 Å². The van der Waals surface area contributed by atoms with Crippen LogP contribution in [0.3, 0.4) is 0 Å². The second-order valence-corrected chi connectivity index (χ2v) is 6.25. The van der Waals surface area contributed by atoms with Gasteiger partial charge in [0.25, 0.3) is 0 Å². The van der Waals surface area contributed by atoms with Crippen LogP contribution < -0.4 is 5.73 Å². The van der Waals surface area contributed by atoms with E-state index >= 15 is 0 Å². The third-order valence-corrected chi connectivity index (χ3v) is 4.61. The predicted octanol–water partition coefficient (Wildman–Crippen LogP) is 3.12. The van der Waals surface area contributed by atoms with Crippen molar-refractivity contribution in [1.82, 2.24) is 4.90 Å². The molecule has 1 rings (SSSR count). The van der Waals surface area contributed by atoms with Gasteiger partial charge in [-0.25, -0.2) is 0 Å². The molecule has 0 saturated heterocycles. The van der Waals surface area contributed by atoms with Crippen LogP contribution in [0.1, 0.15) is 58.8 Å². The number of thiocarbonyl (C=S) groups is 1. The van der Waals surface area contributed by atoms with Crippen molar-refractivity contribution in [3.8, 4) is 0 Å². The Morgan fingerprint density at radius 2 is 2.00 bits per heavy atom. The largest absolute Gasteiger partial charge is 0.393 e. The molecule has 1 fully saturated rings. The molecular formula is C15H28N2OS. The van der Waals surface area contributed by atoms with E-state index in [2.05, 4.69) is 0 Å². The zero-order valence-electron chi connectivity index (χ0n) is 12.4. The number of rotatable bonds is 7. The average molecular weight is 284 g/mol. The molecule has 3 nitrogen and oxygen atoms in total. The summed E-state index contributed by atoms with van der Waals surface area (Å²) in [5.74, 6) is 1.13. The van der Waals surface area contributed by atoms with Crippen LogP contribution in [-0.2, 0) is 4.79 Å². The summed E-state index contributed by atoms with van der Waals surface area (Å²) < 4.78 is 0. The first-order valence-electron chi connectivity index (χ1n) is 7.61. The molecule has 4 heteroatoms. The summed E-state index contributed by atoms with van der Waals surface area (Å²) in [5.41, 5.74) is 5.62. The van der Waals surface area contributed by atoms with Crippen molar-refractivity contribution < 1.29 is 4.79 Å². The summed E-state index contributed by atoms with van der Waals surface area (Å²) in [6.07, 6.45) is 8.41. The molecule has 0 bridgehead atoms. The Morgan fingerprint density at radius 1 is 1.37 bits per heavy atom. The standard InChI is InChI=1S/C15H28N2OS/c1-3-17(11-12(2)15(16)19)14(18)10-9-13-7-5-4-6-8-13/h12-13H,3-11H2,1-2H3,(H2,16,19). The Bertz CT molecular complexity index is 301. The Kier molecular flexibility index (Phi) is 7.36. The minimum absolute atomic E-state index is 0.105. The second kappa shape index (κ2) is 8.51. The highest BCUT2D eigenvalue weighted by atomic mass is 32.1. The number of hydrogen-bond donors (Lipinski definition) is 1. The van der Waals surface area contributed by atoms with Crippen LogP contribution in [0, 0.1) is 11.8 Å². The topological polar surface area (TPSA) is 46.3 Å². The van der Waals surface area contributed by atoms with Crippen molar-refractivity contribution in [3.05, 3.63) is 0 Å². The van der Waals surface area contributed by atoms with Crippen molar-refractivity contribution in [2.24, 2.45) is 17.6 Å². The quantitative estimate of drug-likeness (QED) is 0.731. The zero-order chi connectivity index (χ0) is 14.3. The highest BCUT2D eigenvalue weighted by molar-refractivity contribution is 7.80. The Balaban J connectivity index is 2.34. The minimum atomic E-state index is 0.105. The second-order valence-electron chi connectivity index (χ2n) is 5.78. The maximum atomic E-state index is 12.2. The number of nitrogens with two attached hydrogens (primary N) is 1. The summed E-state index contributed by atoms with van der Waals surface area (Å²) in [6, 6.07) is 0. The summed E-state index contributed by atoms with van der Waals surface area (Å²) >= 11 is 4.98. The lowest BCUT2D eigenvalue weighted by atomic mass is 9.86. The molecule has 0 radical (unpaired) electrons. The number of nitrogens with zero attached hydrogens (tertiary/aromatic N) is 1. The molecule has 0 aromatic carbocycles. The fourth-order valence-electron chi connectivity index (χ4n) is 2.79. The molecule has 1 aliphatic carbocycles. The van der Waals surface area contributed by atoms with Crippen LogP contribution in [0.15, 0.2) is 0 Å². The van der Waals surface area contributed by atoms with Crippen molar-refractivity contribution in [1.29, 1.82) is 0 Å². The van der Waals surface area contributed by atoms with Gasteiger partial charge in [0.2, 0.25) is 5.91 Å². The minimum Gasteiger partial charge on any atom is -0.393 e. The van der Waals surface area contributed by atoms with Gasteiger partial charge < -0.3 is 10.6 Å². The van der Waals surface area contributed by atoms with Gasteiger partial charge in [-0.05, 0) is 19.3 Å². The van der Waals surface area contributed by atoms with Crippen LogP contribution in [-0.4, -0.2) is 28.9 Å². The van der Waals surface area contributed by atoms with Crippen molar-refractivity contribution in [2.45, 2.75) is 58.8 Å². The van der Waals surface area contributed by atoms with Crippen LogP contribution in [0.25, 0.3) is 0 Å². The van der Waals surface area contributed by atoms with Gasteiger partial charge in [0.05, 0.1) is 4.99 Å². The summed E-state index contributed by atoms with van der Waals surface area (Å²) in [5, 5.41) is 0. The van der Waals surface area contributed by atoms with Crippen molar-refractivity contribution in [2.75, 3.05) is 13.1 Å². The third-order valence-electron chi connectivity index (χ3n) is 4.21. The molecule has 110 valence electrons. The van der Waals surface area contributed by atoms with E-state index in [1.165, 1.54) is 32.1 Å². The van der Waals surface area contributed by atoms with E-state index in [0.717, 1.165) is 18.9 Å². The predicted molar refractivity (Wildman–Crippen MR) is 84.0 cm³/mol. The van der Waals surface area contributed by atoms with E-state index < -0.39 is 0 Å².